The second-order valence-electron chi connectivity index (χ2n) is 8.14. The molecule has 1 N–H and O–H groups in total. The molecular weight excluding hydrogens is 448 g/mol. The molecule has 0 spiro atoms. The first kappa shape index (κ1) is 25.3. The molecule has 0 bridgehead atoms. The maximum absolute atomic E-state index is 13.5. The standard InChI is InChI=1S/C27H32N2O4S/c1-5-22-9-11-23(12-10-22)21(4)28-27(30)19-29(24-13-15-25(16-14-24)33-6-2)34(31,32)26-17-7-20(3)8-18-26/h7-18,21H,5-6,19H2,1-4H3,(H,28,30). The first-order chi connectivity index (χ1) is 16.2. The van der Waals surface area contributed by atoms with Gasteiger partial charge >= 0.3 is 0 Å². The number of aryl methyl sites for hydroxylation is 2. The quantitative estimate of drug-likeness (QED) is 0.442. The van der Waals surface area contributed by atoms with Gasteiger partial charge in [0.1, 0.15) is 12.3 Å². The van der Waals surface area contributed by atoms with Crippen molar-refractivity contribution in [1.29, 1.82) is 0 Å². The molecule has 0 radical (unpaired) electrons. The van der Waals surface area contributed by atoms with Crippen LogP contribution in [0.25, 0.3) is 0 Å². The highest BCUT2D eigenvalue weighted by Gasteiger charge is 2.27. The van der Waals surface area contributed by atoms with E-state index in [1.807, 2.05) is 45.0 Å². The lowest BCUT2D eigenvalue weighted by molar-refractivity contribution is -0.120. The highest BCUT2D eigenvalue weighted by molar-refractivity contribution is 7.92. The number of ether oxygens (including phenoxy) is 1. The van der Waals surface area contributed by atoms with Gasteiger partial charge in [0.15, 0.2) is 0 Å². The predicted octanol–water partition coefficient (Wildman–Crippen LogP) is 5.03. The number of hydrogen-bond donors (Lipinski definition) is 1. The summed E-state index contributed by atoms with van der Waals surface area (Å²) in [7, 11) is -3.97. The van der Waals surface area contributed by atoms with Crippen LogP contribution in [0.1, 0.15) is 43.5 Å². The van der Waals surface area contributed by atoms with Gasteiger partial charge in [-0.15, -0.1) is 0 Å². The summed E-state index contributed by atoms with van der Waals surface area (Å²) in [6.07, 6.45) is 0.939. The average Bonchev–Trinajstić information content (AvgIpc) is 2.83. The number of rotatable bonds is 10. The molecule has 1 atom stereocenters. The van der Waals surface area contributed by atoms with Crippen molar-refractivity contribution < 1.29 is 17.9 Å². The normalized spacial score (nSPS) is 12.1. The second-order valence-corrected chi connectivity index (χ2v) is 10.00. The third kappa shape index (κ3) is 6.17. The molecule has 0 aliphatic carbocycles. The van der Waals surface area contributed by atoms with Crippen LogP contribution in [0.4, 0.5) is 5.69 Å². The zero-order chi connectivity index (χ0) is 24.7. The van der Waals surface area contributed by atoms with E-state index in [1.165, 1.54) is 5.56 Å². The molecule has 3 aromatic carbocycles. The van der Waals surface area contributed by atoms with Gasteiger partial charge in [0.05, 0.1) is 23.2 Å². The topological polar surface area (TPSA) is 75.7 Å². The van der Waals surface area contributed by atoms with Gasteiger partial charge in [-0.3, -0.25) is 9.10 Å². The summed E-state index contributed by atoms with van der Waals surface area (Å²) < 4.78 is 33.7. The van der Waals surface area contributed by atoms with Gasteiger partial charge in [0.25, 0.3) is 10.0 Å². The van der Waals surface area contributed by atoms with E-state index in [1.54, 1.807) is 48.5 Å². The smallest absolute Gasteiger partial charge is 0.264 e. The Morgan fingerprint density at radius 3 is 2.12 bits per heavy atom. The number of nitrogens with one attached hydrogen (secondary N) is 1. The molecule has 6 nitrogen and oxygen atoms in total. The number of sulfonamides is 1. The van der Waals surface area contributed by atoms with Gasteiger partial charge in [-0.25, -0.2) is 8.42 Å². The van der Waals surface area contributed by atoms with Gasteiger partial charge in [0, 0.05) is 0 Å². The molecule has 34 heavy (non-hydrogen) atoms. The predicted molar refractivity (Wildman–Crippen MR) is 136 cm³/mol. The summed E-state index contributed by atoms with van der Waals surface area (Å²) in [5, 5.41) is 2.93. The van der Waals surface area contributed by atoms with E-state index in [4.69, 9.17) is 4.74 Å². The van der Waals surface area contributed by atoms with E-state index in [2.05, 4.69) is 12.2 Å². The first-order valence-corrected chi connectivity index (χ1v) is 12.9. The third-order valence-electron chi connectivity index (χ3n) is 5.60. The van der Waals surface area contributed by atoms with Crippen molar-refractivity contribution in [2.24, 2.45) is 0 Å². The number of amides is 1. The van der Waals surface area contributed by atoms with Crippen LogP contribution in [0.3, 0.4) is 0 Å². The zero-order valence-electron chi connectivity index (χ0n) is 20.1. The molecule has 3 rings (SSSR count). The van der Waals surface area contributed by atoms with Crippen molar-refractivity contribution in [2.45, 2.75) is 45.1 Å². The molecule has 1 amide bonds. The highest BCUT2D eigenvalue weighted by Crippen LogP contribution is 2.26. The molecule has 1 unspecified atom stereocenters. The van der Waals surface area contributed by atoms with Gasteiger partial charge in [-0.2, -0.15) is 0 Å². The lowest BCUT2D eigenvalue weighted by Gasteiger charge is -2.25. The first-order valence-electron chi connectivity index (χ1n) is 11.4. The van der Waals surface area contributed by atoms with Crippen LogP contribution in [-0.4, -0.2) is 27.5 Å². The van der Waals surface area contributed by atoms with Crippen LogP contribution in [-0.2, 0) is 21.2 Å². The molecule has 0 aromatic heterocycles. The molecule has 0 aliphatic rings. The van der Waals surface area contributed by atoms with Crippen LogP contribution in [0.2, 0.25) is 0 Å². The fourth-order valence-electron chi connectivity index (χ4n) is 3.57. The molecule has 0 fully saturated rings. The van der Waals surface area contributed by atoms with Crippen LogP contribution < -0.4 is 14.4 Å². The summed E-state index contributed by atoms with van der Waals surface area (Å²) in [4.78, 5) is 13.1. The Bertz CT molecular complexity index is 1190. The van der Waals surface area contributed by atoms with Crippen LogP contribution in [0.15, 0.2) is 77.7 Å². The van der Waals surface area contributed by atoms with Gasteiger partial charge in [-0.1, -0.05) is 48.9 Å². The average molecular weight is 481 g/mol. The van der Waals surface area contributed by atoms with Crippen molar-refractivity contribution in [3.05, 3.63) is 89.5 Å². The second kappa shape index (κ2) is 11.2. The van der Waals surface area contributed by atoms with E-state index in [0.717, 1.165) is 21.9 Å². The Balaban J connectivity index is 1.86. The summed E-state index contributed by atoms with van der Waals surface area (Å²) in [5.41, 5.74) is 3.51. The summed E-state index contributed by atoms with van der Waals surface area (Å²) in [6.45, 7) is 7.90. The number of anilines is 1. The highest BCUT2D eigenvalue weighted by atomic mass is 32.2. The molecule has 0 saturated heterocycles. The maximum atomic E-state index is 13.5. The van der Waals surface area contributed by atoms with E-state index < -0.39 is 15.9 Å². The summed E-state index contributed by atoms with van der Waals surface area (Å²) in [5.74, 6) is 0.240. The number of nitrogens with zero attached hydrogens (tertiary/aromatic N) is 1. The number of benzene rings is 3. The summed E-state index contributed by atoms with van der Waals surface area (Å²) >= 11 is 0. The van der Waals surface area contributed by atoms with Crippen LogP contribution in [0.5, 0.6) is 5.75 Å². The minimum atomic E-state index is -3.97. The lowest BCUT2D eigenvalue weighted by Crippen LogP contribution is -2.41. The van der Waals surface area contributed by atoms with E-state index in [-0.39, 0.29) is 17.5 Å². The number of hydrogen-bond acceptors (Lipinski definition) is 4. The Morgan fingerprint density at radius 1 is 0.941 bits per heavy atom. The fraction of sp³-hybridized carbons (Fsp3) is 0.296. The van der Waals surface area contributed by atoms with Crippen molar-refractivity contribution in [3.8, 4) is 5.75 Å². The monoisotopic (exact) mass is 480 g/mol. The lowest BCUT2D eigenvalue weighted by atomic mass is 10.1. The number of carbonyl (C=O) groups is 1. The number of carbonyl (C=O) groups excluding carboxylic acids is 1. The molecule has 180 valence electrons. The van der Waals surface area contributed by atoms with Crippen LogP contribution >= 0.6 is 0 Å². The molecular formula is C27H32N2O4S. The molecule has 0 heterocycles. The van der Waals surface area contributed by atoms with Crippen LogP contribution in [0, 0.1) is 6.92 Å². The minimum Gasteiger partial charge on any atom is -0.494 e. The molecule has 0 aliphatic heterocycles. The van der Waals surface area contributed by atoms with E-state index >= 15 is 0 Å². The maximum Gasteiger partial charge on any atom is 0.264 e. The van der Waals surface area contributed by atoms with Gasteiger partial charge in [0.2, 0.25) is 5.91 Å². The van der Waals surface area contributed by atoms with Gasteiger partial charge in [-0.05, 0) is 74.7 Å². The Morgan fingerprint density at radius 2 is 1.56 bits per heavy atom. The van der Waals surface area contributed by atoms with E-state index in [0.29, 0.717) is 18.0 Å². The van der Waals surface area contributed by atoms with Gasteiger partial charge < -0.3 is 10.1 Å². The summed E-state index contributed by atoms with van der Waals surface area (Å²) in [6, 6.07) is 21.1. The van der Waals surface area contributed by atoms with Crippen molar-refractivity contribution in [3.63, 3.8) is 0 Å². The SMILES string of the molecule is CCOc1ccc(N(CC(=O)NC(C)c2ccc(CC)cc2)S(=O)(=O)c2ccc(C)cc2)cc1. The molecule has 7 heteroatoms. The Hall–Kier alpha value is -3.32. The Labute approximate surface area is 202 Å². The van der Waals surface area contributed by atoms with E-state index in [9.17, 15) is 13.2 Å². The largest absolute Gasteiger partial charge is 0.494 e. The van der Waals surface area contributed by atoms with Crippen molar-refractivity contribution >= 4 is 21.6 Å². The van der Waals surface area contributed by atoms with Crippen molar-refractivity contribution in [2.75, 3.05) is 17.5 Å². The van der Waals surface area contributed by atoms with Crippen molar-refractivity contribution in [1.82, 2.24) is 5.32 Å². The third-order valence-corrected chi connectivity index (χ3v) is 7.39. The minimum absolute atomic E-state index is 0.128. The zero-order valence-corrected chi connectivity index (χ0v) is 20.9. The molecule has 3 aromatic rings. The Kier molecular flexibility index (Phi) is 8.34. The fourth-order valence-corrected chi connectivity index (χ4v) is 4.99. The molecule has 0 saturated carbocycles.